The van der Waals surface area contributed by atoms with Crippen molar-refractivity contribution in [3.63, 3.8) is 0 Å². The molecule has 0 aliphatic carbocycles. The van der Waals surface area contributed by atoms with Crippen molar-refractivity contribution in [3.8, 4) is 0 Å². The fourth-order valence-electron chi connectivity index (χ4n) is 2.26. The summed E-state index contributed by atoms with van der Waals surface area (Å²) in [5, 5.41) is 7.38. The maximum Gasteiger partial charge on any atom is 0.252 e. The van der Waals surface area contributed by atoms with Gasteiger partial charge in [0.05, 0.1) is 6.20 Å². The van der Waals surface area contributed by atoms with Gasteiger partial charge in [-0.05, 0) is 18.6 Å². The number of carbonyl (C=O) groups excluding carboxylic acids is 1. The Kier molecular flexibility index (Phi) is 2.73. The van der Waals surface area contributed by atoms with E-state index in [0.29, 0.717) is 6.42 Å². The summed E-state index contributed by atoms with van der Waals surface area (Å²) >= 11 is 0. The maximum absolute atomic E-state index is 13.7. The van der Waals surface area contributed by atoms with Crippen LogP contribution in [0.25, 0.3) is 0 Å². The minimum atomic E-state index is -0.743. The smallest absolute Gasteiger partial charge is 0.252 e. The van der Waals surface area contributed by atoms with E-state index in [9.17, 15) is 13.6 Å². The van der Waals surface area contributed by atoms with Gasteiger partial charge in [-0.3, -0.25) is 4.79 Å². The van der Waals surface area contributed by atoms with Crippen LogP contribution in [0.2, 0.25) is 0 Å². The number of aromatic nitrogens is 3. The number of para-hydroxylation sites is 1. The second-order valence-corrected chi connectivity index (χ2v) is 4.25. The molecule has 0 radical (unpaired) electrons. The van der Waals surface area contributed by atoms with E-state index in [-0.39, 0.29) is 18.1 Å². The molecule has 3 rings (SSSR count). The summed E-state index contributed by atoms with van der Waals surface area (Å²) in [5.41, 5.74) is -0.296. The highest BCUT2D eigenvalue weighted by atomic mass is 19.1. The molecule has 1 amide bonds. The molecule has 0 bridgehead atoms. The van der Waals surface area contributed by atoms with E-state index >= 15 is 0 Å². The van der Waals surface area contributed by atoms with Crippen LogP contribution in [0.3, 0.4) is 0 Å². The first-order valence-corrected chi connectivity index (χ1v) is 5.79. The van der Waals surface area contributed by atoms with Crippen molar-refractivity contribution in [1.82, 2.24) is 15.0 Å². The number of hydrogen-bond donors (Lipinski definition) is 0. The lowest BCUT2D eigenvalue weighted by molar-refractivity contribution is -0.120. The van der Waals surface area contributed by atoms with Crippen molar-refractivity contribution in [1.29, 1.82) is 0 Å². The largest absolute Gasteiger partial charge is 0.305 e. The molecule has 1 aliphatic rings. The molecular weight excluding hydrogens is 254 g/mol. The van der Waals surface area contributed by atoms with Crippen LogP contribution in [-0.2, 0) is 4.79 Å². The lowest BCUT2D eigenvalue weighted by atomic mass is 10.2. The Hall–Kier alpha value is -2.31. The Morgan fingerprint density at radius 1 is 1.26 bits per heavy atom. The molecule has 7 heteroatoms. The fraction of sp³-hybridized carbons (Fsp3) is 0.250. The zero-order chi connectivity index (χ0) is 13.4. The number of hydrogen-bond acceptors (Lipinski definition) is 3. The van der Waals surface area contributed by atoms with E-state index in [1.165, 1.54) is 16.9 Å². The summed E-state index contributed by atoms with van der Waals surface area (Å²) in [4.78, 5) is 13.3. The van der Waals surface area contributed by atoms with Crippen molar-refractivity contribution in [2.45, 2.75) is 12.5 Å². The molecule has 1 atom stereocenters. The van der Waals surface area contributed by atoms with Crippen molar-refractivity contribution in [2.24, 2.45) is 0 Å². The maximum atomic E-state index is 13.7. The van der Waals surface area contributed by atoms with Crippen molar-refractivity contribution in [3.05, 3.63) is 42.2 Å². The molecule has 1 aromatic heterocycles. The van der Waals surface area contributed by atoms with Crippen LogP contribution in [0.1, 0.15) is 12.5 Å². The van der Waals surface area contributed by atoms with E-state index in [2.05, 4.69) is 10.3 Å². The van der Waals surface area contributed by atoms with Crippen LogP contribution in [0, 0.1) is 11.6 Å². The van der Waals surface area contributed by atoms with Gasteiger partial charge in [-0.2, -0.15) is 0 Å². The second kappa shape index (κ2) is 4.42. The number of carbonyl (C=O) groups is 1. The lowest BCUT2D eigenvalue weighted by Gasteiger charge is -2.18. The Morgan fingerprint density at radius 3 is 2.63 bits per heavy atom. The Morgan fingerprint density at radius 2 is 2.00 bits per heavy atom. The molecule has 98 valence electrons. The van der Waals surface area contributed by atoms with E-state index in [4.69, 9.17) is 0 Å². The van der Waals surface area contributed by atoms with Gasteiger partial charge in [-0.1, -0.05) is 11.3 Å². The molecule has 1 fully saturated rings. The number of halogens is 2. The van der Waals surface area contributed by atoms with E-state index < -0.39 is 17.7 Å². The van der Waals surface area contributed by atoms with Gasteiger partial charge in [0, 0.05) is 12.7 Å². The Bertz CT molecular complexity index is 594. The van der Waals surface area contributed by atoms with Crippen LogP contribution in [0.4, 0.5) is 14.5 Å². The molecule has 1 aliphatic heterocycles. The standard InChI is InChI=1S/C12H10F2N4O/c13-8-2-1-3-9(14)11(8)17-6-4-10(12(17)19)18-7-5-15-16-18/h1-3,5,7,10H,4,6H2. The van der Waals surface area contributed by atoms with Crippen LogP contribution in [-0.4, -0.2) is 27.4 Å². The first-order chi connectivity index (χ1) is 9.18. The quantitative estimate of drug-likeness (QED) is 0.826. The first-order valence-electron chi connectivity index (χ1n) is 5.79. The Labute approximate surface area is 107 Å². The van der Waals surface area contributed by atoms with Crippen LogP contribution < -0.4 is 4.90 Å². The first kappa shape index (κ1) is 11.8. The second-order valence-electron chi connectivity index (χ2n) is 4.25. The molecule has 2 heterocycles. The van der Waals surface area contributed by atoms with Gasteiger partial charge in [0.25, 0.3) is 5.91 Å². The molecule has 0 N–H and O–H groups in total. The molecular formula is C12H10F2N4O. The van der Waals surface area contributed by atoms with Crippen LogP contribution in [0.5, 0.6) is 0 Å². The fourth-order valence-corrected chi connectivity index (χ4v) is 2.26. The number of amides is 1. The summed E-state index contributed by atoms with van der Waals surface area (Å²) in [7, 11) is 0. The van der Waals surface area contributed by atoms with Crippen molar-refractivity contribution >= 4 is 11.6 Å². The molecule has 5 nitrogen and oxygen atoms in total. The average molecular weight is 264 g/mol. The van der Waals surface area contributed by atoms with Gasteiger partial charge in [-0.25, -0.2) is 13.5 Å². The predicted octanol–water partition coefficient (Wildman–Crippen LogP) is 1.53. The van der Waals surface area contributed by atoms with Crippen LogP contribution in [0.15, 0.2) is 30.6 Å². The van der Waals surface area contributed by atoms with Gasteiger partial charge in [-0.15, -0.1) is 5.10 Å². The summed E-state index contributed by atoms with van der Waals surface area (Å²) < 4.78 is 28.8. The van der Waals surface area contributed by atoms with Gasteiger partial charge in [0.1, 0.15) is 23.4 Å². The topological polar surface area (TPSA) is 51.0 Å². The zero-order valence-electron chi connectivity index (χ0n) is 9.83. The van der Waals surface area contributed by atoms with Gasteiger partial charge >= 0.3 is 0 Å². The molecule has 19 heavy (non-hydrogen) atoms. The van der Waals surface area contributed by atoms with Crippen molar-refractivity contribution < 1.29 is 13.6 Å². The van der Waals surface area contributed by atoms with E-state index in [1.807, 2.05) is 0 Å². The number of nitrogens with zero attached hydrogens (tertiary/aromatic N) is 4. The molecule has 1 aromatic carbocycles. The monoisotopic (exact) mass is 264 g/mol. The number of rotatable bonds is 2. The van der Waals surface area contributed by atoms with E-state index in [1.54, 1.807) is 6.20 Å². The minimum Gasteiger partial charge on any atom is -0.305 e. The average Bonchev–Trinajstić information content (AvgIpc) is 3.00. The highest BCUT2D eigenvalue weighted by molar-refractivity contribution is 5.98. The third-order valence-corrected chi connectivity index (χ3v) is 3.15. The summed E-state index contributed by atoms with van der Waals surface area (Å²) in [6, 6.07) is 2.98. The predicted molar refractivity (Wildman–Crippen MR) is 62.4 cm³/mol. The highest BCUT2D eigenvalue weighted by Crippen LogP contribution is 2.31. The van der Waals surface area contributed by atoms with Crippen LogP contribution >= 0.6 is 0 Å². The molecule has 0 spiro atoms. The highest BCUT2D eigenvalue weighted by Gasteiger charge is 2.36. The molecule has 1 saturated heterocycles. The Balaban J connectivity index is 1.94. The molecule has 0 saturated carbocycles. The molecule has 1 unspecified atom stereocenters. The summed E-state index contributed by atoms with van der Waals surface area (Å²) in [6.07, 6.45) is 3.46. The van der Waals surface area contributed by atoms with Gasteiger partial charge in [0.2, 0.25) is 0 Å². The number of benzene rings is 1. The third kappa shape index (κ3) is 1.87. The van der Waals surface area contributed by atoms with E-state index in [0.717, 1.165) is 17.0 Å². The lowest BCUT2D eigenvalue weighted by Crippen LogP contribution is -2.30. The summed E-state index contributed by atoms with van der Waals surface area (Å²) in [5.74, 6) is -1.87. The molecule has 2 aromatic rings. The van der Waals surface area contributed by atoms with Gasteiger partial charge in [0.15, 0.2) is 0 Å². The normalized spacial score (nSPS) is 19.2. The SMILES string of the molecule is O=C1C(n2ccnn2)CCN1c1c(F)cccc1F. The number of anilines is 1. The van der Waals surface area contributed by atoms with Crippen molar-refractivity contribution in [2.75, 3.05) is 11.4 Å². The zero-order valence-corrected chi connectivity index (χ0v) is 9.83. The third-order valence-electron chi connectivity index (χ3n) is 3.15. The van der Waals surface area contributed by atoms with Gasteiger partial charge < -0.3 is 4.90 Å². The minimum absolute atomic E-state index is 0.251. The summed E-state index contributed by atoms with van der Waals surface area (Å²) in [6.45, 7) is 0.251.